The van der Waals surface area contributed by atoms with E-state index in [9.17, 15) is 13.2 Å². The number of morpholine rings is 1. The average molecular weight is 303 g/mol. The number of carbonyl (C=O) groups is 1. The van der Waals surface area contributed by atoms with E-state index >= 15 is 0 Å². The molecule has 20 heavy (non-hydrogen) atoms. The second-order valence-corrected chi connectivity index (χ2v) is 6.11. The third kappa shape index (κ3) is 2.84. The van der Waals surface area contributed by atoms with Crippen molar-refractivity contribution in [1.82, 2.24) is 14.1 Å². The number of nitrogens with zero attached hydrogens (tertiary/aromatic N) is 3. The van der Waals surface area contributed by atoms with Crippen LogP contribution in [0.4, 0.5) is 0 Å². The summed E-state index contributed by atoms with van der Waals surface area (Å²) in [4.78, 5) is 11.8. The normalized spacial score (nSPS) is 17.1. The molecule has 112 valence electrons. The van der Waals surface area contributed by atoms with Gasteiger partial charge in [-0.25, -0.2) is 13.2 Å². The van der Waals surface area contributed by atoms with Crippen LogP contribution in [0.5, 0.6) is 0 Å². The molecule has 0 N–H and O–H groups in total. The van der Waals surface area contributed by atoms with Crippen LogP contribution in [-0.2, 0) is 26.5 Å². The molecule has 8 nitrogen and oxygen atoms in total. The number of aryl methyl sites for hydroxylation is 1. The highest BCUT2D eigenvalue weighted by Gasteiger charge is 2.33. The lowest BCUT2D eigenvalue weighted by Crippen LogP contribution is -2.41. The molecule has 0 aliphatic carbocycles. The van der Waals surface area contributed by atoms with Crippen molar-refractivity contribution in [3.63, 3.8) is 0 Å². The molecule has 2 rings (SSSR count). The highest BCUT2D eigenvalue weighted by molar-refractivity contribution is 7.89. The van der Waals surface area contributed by atoms with Crippen LogP contribution in [-0.4, -0.2) is 61.4 Å². The maximum Gasteiger partial charge on any atom is 0.342 e. The minimum absolute atomic E-state index is 0.0409. The first kappa shape index (κ1) is 14.9. The van der Waals surface area contributed by atoms with Crippen LogP contribution in [0.25, 0.3) is 0 Å². The van der Waals surface area contributed by atoms with Gasteiger partial charge in [-0.1, -0.05) is 0 Å². The smallest absolute Gasteiger partial charge is 0.342 e. The van der Waals surface area contributed by atoms with Gasteiger partial charge in [0, 0.05) is 26.3 Å². The van der Waals surface area contributed by atoms with Gasteiger partial charge in [0.15, 0.2) is 0 Å². The van der Waals surface area contributed by atoms with Crippen molar-refractivity contribution < 1.29 is 22.7 Å². The van der Waals surface area contributed by atoms with Gasteiger partial charge in [0.05, 0.1) is 19.8 Å². The lowest BCUT2D eigenvalue weighted by Gasteiger charge is -2.25. The first-order chi connectivity index (χ1) is 9.46. The van der Waals surface area contributed by atoms with Crippen molar-refractivity contribution in [2.24, 2.45) is 7.05 Å². The van der Waals surface area contributed by atoms with Crippen LogP contribution in [0.3, 0.4) is 0 Å². The fourth-order valence-electron chi connectivity index (χ4n) is 1.92. The van der Waals surface area contributed by atoms with Crippen molar-refractivity contribution in [3.8, 4) is 0 Å². The minimum Gasteiger partial charge on any atom is -0.462 e. The zero-order chi connectivity index (χ0) is 14.8. The van der Waals surface area contributed by atoms with Gasteiger partial charge in [0.25, 0.3) is 10.0 Å². The Balaban J connectivity index is 2.38. The van der Waals surface area contributed by atoms with E-state index in [1.54, 1.807) is 14.0 Å². The van der Waals surface area contributed by atoms with E-state index in [0.29, 0.717) is 13.2 Å². The maximum absolute atomic E-state index is 12.5. The lowest BCUT2D eigenvalue weighted by atomic mass is 10.4. The molecule has 0 atom stereocenters. The minimum atomic E-state index is -3.81. The number of carbonyl (C=O) groups excluding carboxylic acids is 1. The molecular weight excluding hydrogens is 286 g/mol. The highest BCUT2D eigenvalue weighted by atomic mass is 32.2. The fraction of sp³-hybridized carbons (Fsp3) is 0.636. The zero-order valence-corrected chi connectivity index (χ0v) is 12.2. The van der Waals surface area contributed by atoms with Crippen LogP contribution in [0, 0.1) is 0 Å². The topological polar surface area (TPSA) is 90.7 Å². The Kier molecular flexibility index (Phi) is 4.41. The van der Waals surface area contributed by atoms with Crippen LogP contribution in [0.15, 0.2) is 11.2 Å². The number of hydrogen-bond donors (Lipinski definition) is 0. The van der Waals surface area contributed by atoms with Crippen LogP contribution < -0.4 is 0 Å². The number of hydrogen-bond acceptors (Lipinski definition) is 6. The van der Waals surface area contributed by atoms with Crippen molar-refractivity contribution >= 4 is 16.0 Å². The monoisotopic (exact) mass is 303 g/mol. The maximum atomic E-state index is 12.5. The summed E-state index contributed by atoms with van der Waals surface area (Å²) in [5.41, 5.74) is -0.0409. The van der Waals surface area contributed by atoms with Crippen molar-refractivity contribution in [2.45, 2.75) is 11.9 Å². The lowest BCUT2D eigenvalue weighted by molar-refractivity contribution is 0.0521. The van der Waals surface area contributed by atoms with E-state index in [0.717, 1.165) is 0 Å². The Bertz CT molecular complexity index is 589. The molecule has 0 aromatic carbocycles. The van der Waals surface area contributed by atoms with E-state index in [4.69, 9.17) is 9.47 Å². The molecule has 2 heterocycles. The number of aromatic nitrogens is 2. The molecule has 1 aromatic rings. The van der Waals surface area contributed by atoms with E-state index in [1.807, 2.05) is 0 Å². The van der Waals surface area contributed by atoms with Gasteiger partial charge in [-0.2, -0.15) is 9.40 Å². The molecule has 1 saturated heterocycles. The van der Waals surface area contributed by atoms with Gasteiger partial charge in [-0.05, 0) is 6.92 Å². The molecule has 1 fully saturated rings. The second-order valence-electron chi connectivity index (χ2n) is 4.26. The average Bonchev–Trinajstić information content (AvgIpc) is 2.83. The van der Waals surface area contributed by atoms with Gasteiger partial charge < -0.3 is 9.47 Å². The molecule has 0 unspecified atom stereocenters. The van der Waals surface area contributed by atoms with Crippen molar-refractivity contribution in [1.29, 1.82) is 0 Å². The molecule has 9 heteroatoms. The van der Waals surface area contributed by atoms with E-state index in [2.05, 4.69) is 5.10 Å². The molecule has 0 radical (unpaired) electrons. The number of ether oxygens (including phenoxy) is 2. The SMILES string of the molecule is CCOC(=O)c1cn(C)nc1S(=O)(=O)N1CCOCC1. The molecule has 0 bridgehead atoms. The zero-order valence-electron chi connectivity index (χ0n) is 11.4. The van der Waals surface area contributed by atoms with Gasteiger partial charge in [0.1, 0.15) is 5.56 Å². The summed E-state index contributed by atoms with van der Waals surface area (Å²) in [6.45, 7) is 3.00. The Labute approximate surface area is 117 Å². The summed E-state index contributed by atoms with van der Waals surface area (Å²) in [6, 6.07) is 0. The van der Waals surface area contributed by atoms with Crippen LogP contribution >= 0.6 is 0 Å². The fourth-order valence-corrected chi connectivity index (χ4v) is 3.44. The summed E-state index contributed by atoms with van der Waals surface area (Å²) >= 11 is 0. The Hall–Kier alpha value is -1.45. The quantitative estimate of drug-likeness (QED) is 0.704. The summed E-state index contributed by atoms with van der Waals surface area (Å²) in [7, 11) is -2.26. The molecule has 1 aromatic heterocycles. The predicted molar refractivity (Wildman–Crippen MR) is 68.7 cm³/mol. The molecule has 0 amide bonds. The first-order valence-electron chi connectivity index (χ1n) is 6.25. The summed E-state index contributed by atoms with van der Waals surface area (Å²) in [6.07, 6.45) is 1.35. The second kappa shape index (κ2) is 5.90. The third-order valence-electron chi connectivity index (χ3n) is 2.84. The summed E-state index contributed by atoms with van der Waals surface area (Å²) in [5, 5.41) is 3.64. The van der Waals surface area contributed by atoms with E-state index < -0.39 is 16.0 Å². The van der Waals surface area contributed by atoms with Gasteiger partial charge in [-0.3, -0.25) is 4.68 Å². The van der Waals surface area contributed by atoms with Crippen LogP contribution in [0.1, 0.15) is 17.3 Å². The highest BCUT2D eigenvalue weighted by Crippen LogP contribution is 2.20. The largest absolute Gasteiger partial charge is 0.462 e. The number of esters is 1. The summed E-state index contributed by atoms with van der Waals surface area (Å²) < 4.78 is 37.6. The van der Waals surface area contributed by atoms with E-state index in [1.165, 1.54) is 15.2 Å². The molecule has 1 aliphatic rings. The van der Waals surface area contributed by atoms with Gasteiger partial charge in [-0.15, -0.1) is 0 Å². The van der Waals surface area contributed by atoms with E-state index in [-0.39, 0.29) is 30.3 Å². The summed E-state index contributed by atoms with van der Waals surface area (Å²) in [5.74, 6) is -0.688. The Morgan fingerprint density at radius 3 is 2.70 bits per heavy atom. The van der Waals surface area contributed by atoms with Gasteiger partial charge in [0.2, 0.25) is 5.03 Å². The van der Waals surface area contributed by atoms with Gasteiger partial charge >= 0.3 is 5.97 Å². The standard InChI is InChI=1S/C11H17N3O5S/c1-3-19-11(15)9-8-13(2)12-10(9)20(16,17)14-4-6-18-7-5-14/h8H,3-7H2,1-2H3. The Morgan fingerprint density at radius 1 is 1.45 bits per heavy atom. The molecule has 0 spiro atoms. The first-order valence-corrected chi connectivity index (χ1v) is 7.69. The number of rotatable bonds is 4. The van der Waals surface area contributed by atoms with Crippen LogP contribution in [0.2, 0.25) is 0 Å². The molecule has 1 aliphatic heterocycles. The number of sulfonamides is 1. The van der Waals surface area contributed by atoms with Crippen molar-refractivity contribution in [3.05, 3.63) is 11.8 Å². The van der Waals surface area contributed by atoms with Crippen molar-refractivity contribution in [2.75, 3.05) is 32.9 Å². The molecular formula is C11H17N3O5S. The Morgan fingerprint density at radius 2 is 2.10 bits per heavy atom. The predicted octanol–water partition coefficient (Wildman–Crippen LogP) is -0.382. The third-order valence-corrected chi connectivity index (χ3v) is 4.68. The molecule has 0 saturated carbocycles.